The van der Waals surface area contributed by atoms with Crippen LogP contribution in [0.3, 0.4) is 0 Å². The lowest BCUT2D eigenvalue weighted by atomic mass is 9.86. The molecule has 0 radical (unpaired) electrons. The third kappa shape index (κ3) is 5.83. The first-order valence-corrected chi connectivity index (χ1v) is 7.71. The molecule has 0 saturated heterocycles. The molecule has 0 aliphatic heterocycles. The molecule has 4 N–H and O–H groups in total. The van der Waals surface area contributed by atoms with Crippen molar-refractivity contribution in [2.24, 2.45) is 17.6 Å². The molecule has 1 rings (SSSR count). The summed E-state index contributed by atoms with van der Waals surface area (Å²) >= 11 is 0. The van der Waals surface area contributed by atoms with Crippen molar-refractivity contribution in [3.8, 4) is 0 Å². The molecule has 0 aromatic rings. The average molecular weight is 298 g/mol. The van der Waals surface area contributed by atoms with Crippen LogP contribution >= 0.6 is 0 Å². The van der Waals surface area contributed by atoms with E-state index < -0.39 is 23.7 Å². The third-order valence-corrected chi connectivity index (χ3v) is 4.19. The highest BCUT2D eigenvalue weighted by Crippen LogP contribution is 2.27. The topological polar surface area (TPSA) is 109 Å². The number of Topliss-reactive ketones (excluding diaryl/α,β-unsaturated/α-hetero) is 1. The number of carbonyl (C=O) groups excluding carboxylic acids is 2. The minimum atomic E-state index is -1.25. The summed E-state index contributed by atoms with van der Waals surface area (Å²) in [7, 11) is 0. The predicted molar refractivity (Wildman–Crippen MR) is 78.6 cm³/mol. The molecule has 6 heteroatoms. The fourth-order valence-corrected chi connectivity index (χ4v) is 2.84. The van der Waals surface area contributed by atoms with E-state index in [0.717, 1.165) is 6.42 Å². The molecular weight excluding hydrogens is 272 g/mol. The van der Waals surface area contributed by atoms with Crippen LogP contribution in [0.2, 0.25) is 0 Å². The van der Waals surface area contributed by atoms with Crippen molar-refractivity contribution in [2.45, 2.75) is 57.9 Å². The molecule has 0 heterocycles. The van der Waals surface area contributed by atoms with Crippen LogP contribution in [0, 0.1) is 11.8 Å². The van der Waals surface area contributed by atoms with E-state index in [1.165, 1.54) is 39.0 Å². The van der Waals surface area contributed by atoms with E-state index in [1.807, 2.05) is 0 Å². The molecule has 0 bridgehead atoms. The summed E-state index contributed by atoms with van der Waals surface area (Å²) < 4.78 is 0. The van der Waals surface area contributed by atoms with Crippen LogP contribution in [0.4, 0.5) is 0 Å². The Kier molecular flexibility index (Phi) is 7.36. The van der Waals surface area contributed by atoms with Crippen molar-refractivity contribution in [3.63, 3.8) is 0 Å². The predicted octanol–water partition coefficient (Wildman–Crippen LogP) is 1.08. The van der Waals surface area contributed by atoms with E-state index in [1.54, 1.807) is 0 Å². The van der Waals surface area contributed by atoms with E-state index in [9.17, 15) is 14.4 Å². The second-order valence-corrected chi connectivity index (χ2v) is 5.86. The Hall–Kier alpha value is -1.43. The van der Waals surface area contributed by atoms with Gasteiger partial charge in [0.05, 0.1) is 6.04 Å². The van der Waals surface area contributed by atoms with Gasteiger partial charge in [-0.2, -0.15) is 0 Å². The minimum Gasteiger partial charge on any atom is -0.481 e. The quantitative estimate of drug-likeness (QED) is 0.581. The first-order chi connectivity index (χ1) is 9.95. The number of carboxylic acid groups (broad SMARTS) is 1. The number of nitrogens with two attached hydrogens (primary N) is 1. The zero-order chi connectivity index (χ0) is 15.8. The fraction of sp³-hybridized carbons (Fsp3) is 0.800. The van der Waals surface area contributed by atoms with Crippen LogP contribution in [0.5, 0.6) is 0 Å². The zero-order valence-corrected chi connectivity index (χ0v) is 12.6. The van der Waals surface area contributed by atoms with Gasteiger partial charge < -0.3 is 16.2 Å². The summed E-state index contributed by atoms with van der Waals surface area (Å²) in [6.07, 6.45) is 7.33. The van der Waals surface area contributed by atoms with Gasteiger partial charge in [0.15, 0.2) is 5.78 Å². The number of nitrogens with one attached hydrogen (secondary N) is 1. The van der Waals surface area contributed by atoms with Crippen molar-refractivity contribution in [1.82, 2.24) is 5.32 Å². The molecule has 1 unspecified atom stereocenters. The Morgan fingerprint density at radius 2 is 1.86 bits per heavy atom. The highest BCUT2D eigenvalue weighted by atomic mass is 16.4. The van der Waals surface area contributed by atoms with Crippen LogP contribution in [0.25, 0.3) is 0 Å². The Bertz CT molecular complexity index is 378. The second kappa shape index (κ2) is 8.77. The molecular formula is C15H26N2O4. The smallest absolute Gasteiger partial charge is 0.315 e. The van der Waals surface area contributed by atoms with E-state index in [-0.39, 0.29) is 12.5 Å². The number of rotatable bonds is 8. The largest absolute Gasteiger partial charge is 0.481 e. The van der Waals surface area contributed by atoms with E-state index in [2.05, 4.69) is 5.32 Å². The van der Waals surface area contributed by atoms with Crippen molar-refractivity contribution < 1.29 is 19.5 Å². The van der Waals surface area contributed by atoms with E-state index >= 15 is 0 Å². The fourth-order valence-electron chi connectivity index (χ4n) is 2.84. The van der Waals surface area contributed by atoms with Gasteiger partial charge in [-0.05, 0) is 19.3 Å². The standard InChI is InChI=1S/C15H26N2O4/c1-10(14(19)12(9-16)15(20)21)17-13(18)8-7-11-5-3-2-4-6-11/h10-12H,2-9,16H2,1H3,(H,17,18)(H,20,21)/t10-,12?/m0/s1. The van der Waals surface area contributed by atoms with Crippen molar-refractivity contribution in [3.05, 3.63) is 0 Å². The lowest BCUT2D eigenvalue weighted by Gasteiger charge is -2.22. The first-order valence-electron chi connectivity index (χ1n) is 7.71. The molecule has 0 spiro atoms. The summed E-state index contributed by atoms with van der Waals surface area (Å²) in [6, 6.07) is -0.812. The van der Waals surface area contributed by atoms with Crippen LogP contribution in [-0.2, 0) is 14.4 Å². The number of aliphatic carboxylic acids is 1. The minimum absolute atomic E-state index is 0.192. The third-order valence-electron chi connectivity index (χ3n) is 4.19. The summed E-state index contributed by atoms with van der Waals surface area (Å²) in [6.45, 7) is 1.25. The van der Waals surface area contributed by atoms with Crippen molar-refractivity contribution in [1.29, 1.82) is 0 Å². The lowest BCUT2D eigenvalue weighted by molar-refractivity contribution is -0.147. The molecule has 1 aliphatic rings. The average Bonchev–Trinajstić information content (AvgIpc) is 2.46. The highest BCUT2D eigenvalue weighted by Gasteiger charge is 2.29. The number of ketones is 1. The molecule has 2 atom stereocenters. The number of carboxylic acids is 1. The first kappa shape index (κ1) is 17.6. The molecule has 1 aliphatic carbocycles. The summed E-state index contributed by atoms with van der Waals surface area (Å²) in [5.41, 5.74) is 5.29. The van der Waals surface area contributed by atoms with Gasteiger partial charge in [-0.15, -0.1) is 0 Å². The maximum Gasteiger partial charge on any atom is 0.315 e. The second-order valence-electron chi connectivity index (χ2n) is 5.86. The molecule has 1 fully saturated rings. The van der Waals surface area contributed by atoms with Gasteiger partial charge in [0.25, 0.3) is 0 Å². The van der Waals surface area contributed by atoms with Gasteiger partial charge in [-0.3, -0.25) is 14.4 Å². The maximum absolute atomic E-state index is 11.9. The van der Waals surface area contributed by atoms with Crippen LogP contribution in [-0.4, -0.2) is 35.4 Å². The van der Waals surface area contributed by atoms with Gasteiger partial charge in [0, 0.05) is 13.0 Å². The van der Waals surface area contributed by atoms with E-state index in [4.69, 9.17) is 10.8 Å². The number of amides is 1. The summed E-state index contributed by atoms with van der Waals surface area (Å²) in [4.78, 5) is 34.6. The van der Waals surface area contributed by atoms with Gasteiger partial charge >= 0.3 is 5.97 Å². The van der Waals surface area contributed by atoms with Crippen LogP contribution in [0.1, 0.15) is 51.9 Å². The summed E-state index contributed by atoms with van der Waals surface area (Å²) in [5.74, 6) is -2.63. The van der Waals surface area contributed by atoms with Crippen LogP contribution < -0.4 is 11.1 Å². The normalized spacial score (nSPS) is 18.8. The van der Waals surface area contributed by atoms with Gasteiger partial charge in [-0.25, -0.2) is 0 Å². The SMILES string of the molecule is C[C@H](NC(=O)CCC1CCCCC1)C(=O)C(CN)C(=O)O. The van der Waals surface area contributed by atoms with Gasteiger partial charge in [0.2, 0.25) is 5.91 Å². The molecule has 120 valence electrons. The monoisotopic (exact) mass is 298 g/mol. The molecule has 0 aromatic heterocycles. The Morgan fingerprint density at radius 3 is 2.38 bits per heavy atom. The number of carbonyl (C=O) groups is 3. The van der Waals surface area contributed by atoms with Gasteiger partial charge in [0.1, 0.15) is 5.92 Å². The van der Waals surface area contributed by atoms with Gasteiger partial charge in [-0.1, -0.05) is 32.1 Å². The molecule has 1 amide bonds. The maximum atomic E-state index is 11.9. The molecule has 21 heavy (non-hydrogen) atoms. The Balaban J connectivity index is 2.35. The summed E-state index contributed by atoms with van der Waals surface area (Å²) in [5, 5.41) is 11.5. The number of hydrogen-bond donors (Lipinski definition) is 3. The zero-order valence-electron chi connectivity index (χ0n) is 12.6. The molecule has 0 aromatic carbocycles. The van der Waals surface area contributed by atoms with E-state index in [0.29, 0.717) is 12.3 Å². The molecule has 6 nitrogen and oxygen atoms in total. The van der Waals surface area contributed by atoms with Crippen molar-refractivity contribution in [2.75, 3.05) is 6.54 Å². The Labute approximate surface area is 125 Å². The number of hydrogen-bond acceptors (Lipinski definition) is 4. The highest BCUT2D eigenvalue weighted by molar-refractivity contribution is 6.02. The van der Waals surface area contributed by atoms with Crippen molar-refractivity contribution >= 4 is 17.7 Å². The molecule has 1 saturated carbocycles. The van der Waals surface area contributed by atoms with Crippen LogP contribution in [0.15, 0.2) is 0 Å². The lowest BCUT2D eigenvalue weighted by Crippen LogP contribution is -2.45. The Morgan fingerprint density at radius 1 is 1.24 bits per heavy atom.